The van der Waals surface area contributed by atoms with Crippen LogP contribution in [0.25, 0.3) is 0 Å². The van der Waals surface area contributed by atoms with Crippen LogP contribution in [0.4, 0.5) is 0 Å². The van der Waals surface area contributed by atoms with Gasteiger partial charge in [0.1, 0.15) is 0 Å². The number of nitrogens with one attached hydrogen (secondary N) is 1. The highest BCUT2D eigenvalue weighted by Crippen LogP contribution is 2.09. The fraction of sp³-hybridized carbons (Fsp3) is 0.600. The van der Waals surface area contributed by atoms with Crippen molar-refractivity contribution in [3.8, 4) is 0 Å². The molecule has 0 saturated carbocycles. The Morgan fingerprint density at radius 1 is 1.00 bits per heavy atom. The summed E-state index contributed by atoms with van der Waals surface area (Å²) in [4.78, 5) is 0. The molecule has 3 nitrogen and oxygen atoms in total. The van der Waals surface area contributed by atoms with Crippen molar-refractivity contribution in [2.45, 2.75) is 33.1 Å². The maximum Gasteiger partial charge on any atom is 0.169 e. The number of hydrogen-bond donors (Lipinski definition) is 1. The van der Waals surface area contributed by atoms with E-state index in [1.54, 1.807) is 14.2 Å². The summed E-state index contributed by atoms with van der Waals surface area (Å²) in [6.45, 7) is 6.02. The van der Waals surface area contributed by atoms with Gasteiger partial charge in [0.15, 0.2) is 6.29 Å². The summed E-state index contributed by atoms with van der Waals surface area (Å²) in [5.41, 5.74) is 2.69. The van der Waals surface area contributed by atoms with Gasteiger partial charge in [-0.3, -0.25) is 0 Å². The number of methoxy groups -OCH3 is 2. The van der Waals surface area contributed by atoms with Crippen molar-refractivity contribution in [2.24, 2.45) is 5.92 Å². The largest absolute Gasteiger partial charge is 0.355 e. The molecule has 0 amide bonds. The molecule has 0 aromatic heterocycles. The summed E-state index contributed by atoms with van der Waals surface area (Å²) >= 11 is 0. The van der Waals surface area contributed by atoms with Gasteiger partial charge in [0, 0.05) is 27.3 Å². The summed E-state index contributed by atoms with van der Waals surface area (Å²) in [5, 5.41) is 3.31. The van der Waals surface area contributed by atoms with Crippen molar-refractivity contribution in [3.63, 3.8) is 0 Å². The quantitative estimate of drug-likeness (QED) is 0.720. The highest BCUT2D eigenvalue weighted by Gasteiger charge is 2.03. The number of hydrogen-bond acceptors (Lipinski definition) is 3. The fourth-order valence-corrected chi connectivity index (χ4v) is 1.86. The number of benzene rings is 1. The highest BCUT2D eigenvalue weighted by molar-refractivity contribution is 5.22. The predicted molar refractivity (Wildman–Crippen MR) is 74.5 cm³/mol. The van der Waals surface area contributed by atoms with Gasteiger partial charge < -0.3 is 14.8 Å². The Hall–Kier alpha value is -0.900. The molecule has 0 unspecified atom stereocenters. The second kappa shape index (κ2) is 8.25. The fourth-order valence-electron chi connectivity index (χ4n) is 1.86. The number of ether oxygens (including phenoxy) is 2. The first-order chi connectivity index (χ1) is 8.65. The van der Waals surface area contributed by atoms with Crippen molar-refractivity contribution < 1.29 is 9.47 Å². The highest BCUT2D eigenvalue weighted by atomic mass is 16.7. The Balaban J connectivity index is 2.35. The molecular formula is C15H25NO2. The molecule has 0 radical (unpaired) electrons. The lowest BCUT2D eigenvalue weighted by Gasteiger charge is -2.14. The molecule has 1 N–H and O–H groups in total. The third-order valence-electron chi connectivity index (χ3n) is 2.83. The summed E-state index contributed by atoms with van der Waals surface area (Å²) in [5.74, 6) is 0.707. The lowest BCUT2D eigenvalue weighted by Crippen LogP contribution is -2.29. The van der Waals surface area contributed by atoms with E-state index >= 15 is 0 Å². The molecule has 3 heteroatoms. The van der Waals surface area contributed by atoms with E-state index in [0.29, 0.717) is 12.5 Å². The monoisotopic (exact) mass is 251 g/mol. The predicted octanol–water partition coefficient (Wildman–Crippen LogP) is 2.59. The van der Waals surface area contributed by atoms with E-state index in [9.17, 15) is 0 Å². The van der Waals surface area contributed by atoms with Crippen molar-refractivity contribution in [2.75, 3.05) is 20.8 Å². The third kappa shape index (κ3) is 5.63. The van der Waals surface area contributed by atoms with Crippen molar-refractivity contribution >= 4 is 0 Å². The number of rotatable bonds is 8. The van der Waals surface area contributed by atoms with E-state index in [4.69, 9.17) is 9.47 Å². The summed E-state index contributed by atoms with van der Waals surface area (Å²) in [7, 11) is 3.30. The van der Waals surface area contributed by atoms with Crippen molar-refractivity contribution in [3.05, 3.63) is 35.4 Å². The molecule has 0 bridgehead atoms. The second-order valence-corrected chi connectivity index (χ2v) is 4.95. The second-order valence-electron chi connectivity index (χ2n) is 4.95. The van der Waals surface area contributed by atoms with E-state index < -0.39 is 0 Å². The molecule has 102 valence electrons. The molecule has 0 atom stereocenters. The molecule has 0 aliphatic heterocycles. The lowest BCUT2D eigenvalue weighted by molar-refractivity contribution is -0.0989. The zero-order chi connectivity index (χ0) is 13.4. The van der Waals surface area contributed by atoms with E-state index in [1.807, 2.05) is 0 Å². The van der Waals surface area contributed by atoms with Gasteiger partial charge in [-0.1, -0.05) is 38.1 Å². The van der Waals surface area contributed by atoms with E-state index in [-0.39, 0.29) is 6.29 Å². The summed E-state index contributed by atoms with van der Waals surface area (Å²) in [6.07, 6.45) is 0.966. The average molecular weight is 251 g/mol. The van der Waals surface area contributed by atoms with Gasteiger partial charge in [-0.05, 0) is 23.5 Å². The van der Waals surface area contributed by atoms with Crippen LogP contribution in [-0.4, -0.2) is 27.1 Å². The molecule has 0 spiro atoms. The van der Waals surface area contributed by atoms with Crippen LogP contribution >= 0.6 is 0 Å². The van der Waals surface area contributed by atoms with Gasteiger partial charge in [0.2, 0.25) is 0 Å². The third-order valence-corrected chi connectivity index (χ3v) is 2.83. The van der Waals surface area contributed by atoms with E-state index in [1.165, 1.54) is 11.1 Å². The Morgan fingerprint density at radius 3 is 2.06 bits per heavy atom. The van der Waals surface area contributed by atoms with Crippen LogP contribution in [0.5, 0.6) is 0 Å². The Labute approximate surface area is 110 Å². The molecular weight excluding hydrogens is 226 g/mol. The molecule has 1 aromatic rings. The van der Waals surface area contributed by atoms with Crippen LogP contribution in [0, 0.1) is 5.92 Å². The van der Waals surface area contributed by atoms with Gasteiger partial charge in [0.25, 0.3) is 0 Å². The van der Waals surface area contributed by atoms with E-state index in [0.717, 1.165) is 13.0 Å². The topological polar surface area (TPSA) is 30.5 Å². The minimum atomic E-state index is -0.176. The summed E-state index contributed by atoms with van der Waals surface area (Å²) in [6, 6.07) is 8.78. The first-order valence-corrected chi connectivity index (χ1v) is 6.49. The molecule has 0 aliphatic carbocycles. The lowest BCUT2D eigenvalue weighted by atomic mass is 10.0. The zero-order valence-corrected chi connectivity index (χ0v) is 11.9. The van der Waals surface area contributed by atoms with Crippen LogP contribution in [0.15, 0.2) is 24.3 Å². The molecule has 1 rings (SSSR count). The molecule has 0 saturated heterocycles. The summed E-state index contributed by atoms with van der Waals surface area (Å²) < 4.78 is 10.2. The molecule has 1 aromatic carbocycles. The van der Waals surface area contributed by atoms with Crippen LogP contribution in [0.2, 0.25) is 0 Å². The van der Waals surface area contributed by atoms with E-state index in [2.05, 4.69) is 43.4 Å². The Morgan fingerprint density at radius 2 is 1.56 bits per heavy atom. The zero-order valence-electron chi connectivity index (χ0n) is 11.9. The minimum Gasteiger partial charge on any atom is -0.355 e. The molecule has 0 fully saturated rings. The molecule has 18 heavy (non-hydrogen) atoms. The van der Waals surface area contributed by atoms with Crippen LogP contribution in [0.1, 0.15) is 25.0 Å². The van der Waals surface area contributed by atoms with Gasteiger partial charge >= 0.3 is 0 Å². The van der Waals surface area contributed by atoms with Gasteiger partial charge in [-0.15, -0.1) is 0 Å². The first kappa shape index (κ1) is 15.2. The maximum atomic E-state index is 5.12. The van der Waals surface area contributed by atoms with Gasteiger partial charge in [0.05, 0.1) is 0 Å². The SMILES string of the molecule is COC(CNCc1ccc(CC(C)C)cc1)OC. The first-order valence-electron chi connectivity index (χ1n) is 6.49. The van der Waals surface area contributed by atoms with Gasteiger partial charge in [-0.2, -0.15) is 0 Å². The average Bonchev–Trinajstić information content (AvgIpc) is 2.36. The minimum absolute atomic E-state index is 0.176. The Kier molecular flexibility index (Phi) is 6.94. The maximum absolute atomic E-state index is 5.12. The van der Waals surface area contributed by atoms with Crippen molar-refractivity contribution in [1.82, 2.24) is 5.32 Å². The normalized spacial score (nSPS) is 11.4. The standard InChI is InChI=1S/C15H25NO2/c1-12(2)9-13-5-7-14(8-6-13)10-16-11-15(17-3)18-4/h5-8,12,15-16H,9-11H2,1-4H3. The molecule has 0 heterocycles. The van der Waals surface area contributed by atoms with Crippen LogP contribution in [-0.2, 0) is 22.4 Å². The van der Waals surface area contributed by atoms with Crippen molar-refractivity contribution in [1.29, 1.82) is 0 Å². The van der Waals surface area contributed by atoms with Crippen LogP contribution in [0.3, 0.4) is 0 Å². The smallest absolute Gasteiger partial charge is 0.169 e. The Bertz CT molecular complexity index is 318. The molecule has 0 aliphatic rings. The van der Waals surface area contributed by atoms with Crippen LogP contribution < -0.4 is 5.32 Å². The van der Waals surface area contributed by atoms with Gasteiger partial charge in [-0.25, -0.2) is 0 Å².